The Hall–Kier alpha value is -3.48. The molecule has 33 heavy (non-hydrogen) atoms. The molecule has 6 rings (SSSR count). The molecule has 12 heteroatoms. The average Bonchev–Trinajstić information content (AvgIpc) is 3.58. The van der Waals surface area contributed by atoms with E-state index in [-0.39, 0.29) is 17.3 Å². The number of rotatable bonds is 4. The number of hydrogen-bond donors (Lipinski definition) is 0. The van der Waals surface area contributed by atoms with Crippen molar-refractivity contribution in [3.8, 4) is 23.0 Å². The molecule has 0 radical (unpaired) electrons. The molecule has 0 amide bonds. The van der Waals surface area contributed by atoms with Crippen LogP contribution in [0.25, 0.3) is 34.1 Å². The van der Waals surface area contributed by atoms with Crippen molar-refractivity contribution in [1.82, 2.24) is 33.0 Å². The van der Waals surface area contributed by atoms with Crippen LogP contribution in [0.2, 0.25) is 0 Å². The zero-order valence-electron chi connectivity index (χ0n) is 17.4. The van der Waals surface area contributed by atoms with E-state index in [0.717, 1.165) is 28.5 Å². The monoisotopic (exact) mass is 479 g/mol. The SMILES string of the molecule is Cn1nc(-c2nnc(-c3ccccc3)o2)c2c1CCN(S(=O)(=O)c1cccc3nsnc13)C2. The summed E-state index contributed by atoms with van der Waals surface area (Å²) in [4.78, 5) is 0.159. The molecule has 0 unspecified atom stereocenters. The summed E-state index contributed by atoms with van der Waals surface area (Å²) in [7, 11) is -1.96. The van der Waals surface area contributed by atoms with Crippen LogP contribution >= 0.6 is 11.7 Å². The number of aromatic nitrogens is 6. The molecular formula is C21H17N7O3S2. The minimum atomic E-state index is -3.79. The van der Waals surface area contributed by atoms with Gasteiger partial charge in [-0.2, -0.15) is 18.2 Å². The van der Waals surface area contributed by atoms with Crippen molar-refractivity contribution in [3.63, 3.8) is 0 Å². The second-order valence-electron chi connectivity index (χ2n) is 7.65. The van der Waals surface area contributed by atoms with Crippen molar-refractivity contribution in [2.75, 3.05) is 6.54 Å². The topological polar surface area (TPSA) is 120 Å². The van der Waals surface area contributed by atoms with E-state index in [4.69, 9.17) is 4.42 Å². The Balaban J connectivity index is 1.38. The van der Waals surface area contributed by atoms with Crippen LogP contribution in [0.1, 0.15) is 11.3 Å². The van der Waals surface area contributed by atoms with Crippen LogP contribution in [0, 0.1) is 0 Å². The van der Waals surface area contributed by atoms with E-state index in [1.807, 2.05) is 37.4 Å². The van der Waals surface area contributed by atoms with Crippen molar-refractivity contribution in [2.45, 2.75) is 17.9 Å². The summed E-state index contributed by atoms with van der Waals surface area (Å²) >= 11 is 0.998. The maximum atomic E-state index is 13.5. The Labute approximate surface area is 192 Å². The fourth-order valence-corrected chi connectivity index (χ4v) is 6.25. The Morgan fingerprint density at radius 1 is 1.00 bits per heavy atom. The standard InChI is InChI=1S/C21H17N7O3S2/c1-27-16-10-11-28(33(29,30)17-9-5-8-15-19(17)26-32-25-15)12-14(16)18(24-27)21-23-22-20(31-21)13-6-3-2-4-7-13/h2-9H,10-12H2,1H3. The van der Waals surface area contributed by atoms with E-state index >= 15 is 0 Å². The first-order valence-electron chi connectivity index (χ1n) is 10.2. The lowest BCUT2D eigenvalue weighted by atomic mass is 10.1. The van der Waals surface area contributed by atoms with Gasteiger partial charge in [0, 0.05) is 43.4 Å². The average molecular weight is 480 g/mol. The van der Waals surface area contributed by atoms with Gasteiger partial charge in [-0.25, -0.2) is 8.42 Å². The smallest absolute Gasteiger partial charge is 0.268 e. The minimum absolute atomic E-state index is 0.151. The number of benzene rings is 2. The first kappa shape index (κ1) is 20.1. The van der Waals surface area contributed by atoms with E-state index < -0.39 is 10.0 Å². The summed E-state index contributed by atoms with van der Waals surface area (Å²) in [5.74, 6) is 0.642. The van der Waals surface area contributed by atoms with Crippen molar-refractivity contribution in [2.24, 2.45) is 7.05 Å². The summed E-state index contributed by atoms with van der Waals surface area (Å²) in [5.41, 5.74) is 3.97. The van der Waals surface area contributed by atoms with Gasteiger partial charge in [-0.15, -0.1) is 10.2 Å². The molecule has 4 heterocycles. The Morgan fingerprint density at radius 3 is 2.67 bits per heavy atom. The number of aryl methyl sites for hydroxylation is 1. The molecule has 0 aliphatic carbocycles. The molecule has 10 nitrogen and oxygen atoms in total. The van der Waals surface area contributed by atoms with Crippen molar-refractivity contribution >= 4 is 32.8 Å². The van der Waals surface area contributed by atoms with Gasteiger partial charge in [0.15, 0.2) is 5.69 Å². The van der Waals surface area contributed by atoms with Gasteiger partial charge in [0.05, 0.1) is 11.7 Å². The number of nitrogens with zero attached hydrogens (tertiary/aromatic N) is 7. The van der Waals surface area contributed by atoms with Gasteiger partial charge in [0.1, 0.15) is 15.9 Å². The second-order valence-corrected chi connectivity index (χ2v) is 10.1. The predicted molar refractivity (Wildman–Crippen MR) is 121 cm³/mol. The lowest BCUT2D eigenvalue weighted by Gasteiger charge is -2.26. The zero-order chi connectivity index (χ0) is 22.6. The lowest BCUT2D eigenvalue weighted by molar-refractivity contribution is 0.386. The van der Waals surface area contributed by atoms with Crippen LogP contribution in [0.15, 0.2) is 57.8 Å². The highest BCUT2D eigenvalue weighted by Gasteiger charge is 2.34. The molecule has 0 fully saturated rings. The van der Waals surface area contributed by atoms with E-state index in [2.05, 4.69) is 24.0 Å². The molecule has 166 valence electrons. The molecule has 0 saturated carbocycles. The fraction of sp³-hybridized carbons (Fsp3) is 0.190. The summed E-state index contributed by atoms with van der Waals surface area (Å²) < 4.78 is 44.5. The van der Waals surface area contributed by atoms with Gasteiger partial charge in [0.2, 0.25) is 15.9 Å². The van der Waals surface area contributed by atoms with Crippen LogP contribution < -0.4 is 0 Å². The van der Waals surface area contributed by atoms with Gasteiger partial charge in [-0.3, -0.25) is 4.68 Å². The van der Waals surface area contributed by atoms with E-state index in [0.29, 0.717) is 35.6 Å². The zero-order valence-corrected chi connectivity index (χ0v) is 19.0. The van der Waals surface area contributed by atoms with Gasteiger partial charge in [-0.05, 0) is 24.3 Å². The van der Waals surface area contributed by atoms with Crippen LogP contribution in [-0.2, 0) is 30.0 Å². The van der Waals surface area contributed by atoms with Crippen molar-refractivity contribution < 1.29 is 12.8 Å². The molecule has 0 saturated heterocycles. The molecule has 1 aliphatic rings. The van der Waals surface area contributed by atoms with Crippen LogP contribution in [0.3, 0.4) is 0 Å². The highest BCUT2D eigenvalue weighted by Crippen LogP contribution is 2.34. The minimum Gasteiger partial charge on any atom is -0.415 e. The number of sulfonamides is 1. The highest BCUT2D eigenvalue weighted by molar-refractivity contribution is 7.89. The van der Waals surface area contributed by atoms with Crippen molar-refractivity contribution in [3.05, 3.63) is 59.8 Å². The maximum absolute atomic E-state index is 13.5. The normalized spacial score (nSPS) is 14.6. The summed E-state index contributed by atoms with van der Waals surface area (Å²) in [5, 5.41) is 12.9. The van der Waals surface area contributed by atoms with Gasteiger partial charge >= 0.3 is 0 Å². The third kappa shape index (κ3) is 3.25. The molecule has 0 N–H and O–H groups in total. The highest BCUT2D eigenvalue weighted by atomic mass is 32.2. The van der Waals surface area contributed by atoms with Gasteiger partial charge < -0.3 is 4.42 Å². The molecule has 0 bridgehead atoms. The molecule has 3 aromatic heterocycles. The third-order valence-corrected chi connectivity index (χ3v) is 8.14. The largest absolute Gasteiger partial charge is 0.415 e. The Kier molecular flexibility index (Phi) is 4.60. The molecule has 0 spiro atoms. The van der Waals surface area contributed by atoms with Crippen LogP contribution in [0.5, 0.6) is 0 Å². The molecule has 2 aromatic carbocycles. The van der Waals surface area contributed by atoms with Gasteiger partial charge in [0.25, 0.3) is 5.89 Å². The quantitative estimate of drug-likeness (QED) is 0.386. The predicted octanol–water partition coefficient (Wildman–Crippen LogP) is 2.89. The molecule has 5 aromatic rings. The molecule has 0 atom stereocenters. The van der Waals surface area contributed by atoms with Crippen LogP contribution in [-0.4, -0.2) is 48.0 Å². The van der Waals surface area contributed by atoms with E-state index in [1.54, 1.807) is 22.9 Å². The second kappa shape index (κ2) is 7.54. The van der Waals surface area contributed by atoms with E-state index in [1.165, 1.54) is 4.31 Å². The lowest BCUT2D eigenvalue weighted by Crippen LogP contribution is -2.36. The summed E-state index contributed by atoms with van der Waals surface area (Å²) in [6, 6.07) is 14.5. The van der Waals surface area contributed by atoms with Crippen molar-refractivity contribution in [1.29, 1.82) is 0 Å². The number of fused-ring (bicyclic) bond motifs is 2. The van der Waals surface area contributed by atoms with E-state index in [9.17, 15) is 8.42 Å². The Bertz CT molecular complexity index is 1590. The first-order chi connectivity index (χ1) is 16.0. The molecular weight excluding hydrogens is 462 g/mol. The summed E-state index contributed by atoms with van der Waals surface area (Å²) in [6.07, 6.45) is 0.517. The Morgan fingerprint density at radius 2 is 1.82 bits per heavy atom. The van der Waals surface area contributed by atoms with Gasteiger partial charge in [-0.1, -0.05) is 24.3 Å². The van der Waals surface area contributed by atoms with Crippen LogP contribution in [0.4, 0.5) is 0 Å². The first-order valence-corrected chi connectivity index (χ1v) is 12.3. The molecule has 1 aliphatic heterocycles. The number of hydrogen-bond acceptors (Lipinski definition) is 9. The third-order valence-electron chi connectivity index (χ3n) is 5.72. The summed E-state index contributed by atoms with van der Waals surface area (Å²) in [6.45, 7) is 0.485. The maximum Gasteiger partial charge on any atom is 0.268 e. The fourth-order valence-electron chi connectivity index (χ4n) is 4.09.